The van der Waals surface area contributed by atoms with Crippen LogP contribution < -0.4 is 5.46 Å². The van der Waals surface area contributed by atoms with Gasteiger partial charge in [-0.3, -0.25) is 0 Å². The molecule has 105 heavy (non-hydrogen) atoms. The van der Waals surface area contributed by atoms with Crippen molar-refractivity contribution in [2.45, 2.75) is 32.0 Å². The number of hydrogen-bond acceptors (Lipinski definition) is 15. The first-order chi connectivity index (χ1) is 51.1. The van der Waals surface area contributed by atoms with Gasteiger partial charge in [0, 0.05) is 67.0 Å². The number of halogens is 4. The molecule has 1 atom stereocenters. The minimum atomic E-state index is -0.651. The van der Waals surface area contributed by atoms with Gasteiger partial charge in [-0.05, 0) is 61.8 Å². The molecule has 0 amide bonds. The zero-order valence-corrected chi connectivity index (χ0v) is 60.6. The maximum atomic E-state index is 6.53. The van der Waals surface area contributed by atoms with Gasteiger partial charge in [-0.2, -0.15) is 0 Å². The van der Waals surface area contributed by atoms with Crippen LogP contribution in [0.1, 0.15) is 20.8 Å². The Morgan fingerprint density at radius 2 is 0.543 bits per heavy atom. The van der Waals surface area contributed by atoms with Gasteiger partial charge in [0.2, 0.25) is 5.60 Å². The summed E-state index contributed by atoms with van der Waals surface area (Å²) in [6.45, 7) is 10.1. The molecular weight excluding hydrogens is 1430 g/mol. The molecule has 1 saturated heterocycles. The third-order valence-corrected chi connectivity index (χ3v) is 18.4. The van der Waals surface area contributed by atoms with E-state index in [-0.39, 0.29) is 10.3 Å². The van der Waals surface area contributed by atoms with E-state index in [0.717, 1.165) is 87.6 Å². The van der Waals surface area contributed by atoms with Gasteiger partial charge in [0.25, 0.3) is 0 Å². The first kappa shape index (κ1) is 70.4. The molecule has 0 saturated carbocycles. The van der Waals surface area contributed by atoms with Gasteiger partial charge in [-0.15, -0.1) is 0 Å². The highest BCUT2D eigenvalue weighted by Gasteiger charge is 2.57. The lowest BCUT2D eigenvalue weighted by Crippen LogP contribution is -2.42. The molecular formula is C85H61BBrCl3N13O2+. The fraction of sp³-hybridized carbons (Fsp3) is 0.0588. The first-order valence-corrected chi connectivity index (χ1v) is 35.4. The van der Waals surface area contributed by atoms with Crippen LogP contribution in [0.5, 0.6) is 0 Å². The van der Waals surface area contributed by atoms with E-state index in [9.17, 15) is 0 Å². The molecule has 16 aromatic rings. The SMILES string of the molecule is Brc1cccc(-c2nc(-c3ccccc3)nc(-c3ccccc3)n2)c1.Clc1nc2ccccc2nc1-c1cccc(-c2nc(-c3ccccc3)nc(-c3ccccc3)n2)c1.Clc1nc2ccccc2nc1Cl.[CH2+]C1(C)OB(c2cccc(-c3nc(-c4ccccc4)nc(-c4ccccc4)n3)c2)OC1(C)C. The van der Waals surface area contributed by atoms with Gasteiger partial charge < -0.3 is 9.31 Å². The molecule has 0 radical (unpaired) electrons. The standard InChI is InChI=1S/C29H18ClN5.C27H25BN3O2.C21H14BrN3.C8H4Cl2N2/c30-26-25(31-23-16-7-8-17-24(23)32-26)21-14-9-15-22(18-21)29-34-27(19-10-3-1-4-11-19)33-28(35-29)20-12-5-2-6-13-20;1-26(2)27(3,4)33-28(32-26)22-17-11-16-21(18-22)25-30-23(19-12-7-5-8-13-19)29-24(31-25)20-14-9-6-10-15-20;22-18-13-7-12-17(14-18)21-24-19(15-8-3-1-4-9-15)23-20(25-21)16-10-5-2-6-11-16;9-7-8(10)12-6-4-2-1-3-5(6)11-7/h1-18H;5-18H,1H2,2-4H3;1-14H;1-4H/q;+1;;. The maximum Gasteiger partial charge on any atom is 0.498 e. The van der Waals surface area contributed by atoms with Gasteiger partial charge >= 0.3 is 7.12 Å². The van der Waals surface area contributed by atoms with Crippen LogP contribution in [0.15, 0.2) is 308 Å². The summed E-state index contributed by atoms with van der Waals surface area (Å²) in [6, 6.07) is 98.6. The summed E-state index contributed by atoms with van der Waals surface area (Å²) in [6.07, 6.45) is 0. The zero-order valence-electron chi connectivity index (χ0n) is 56.8. The normalized spacial score (nSPS) is 13.5. The Morgan fingerprint density at radius 3 is 0.876 bits per heavy atom. The fourth-order valence-corrected chi connectivity index (χ4v) is 12.0. The summed E-state index contributed by atoms with van der Waals surface area (Å²) in [5.41, 5.74) is 12.6. The van der Waals surface area contributed by atoms with E-state index in [0.29, 0.717) is 63.3 Å². The fourth-order valence-electron chi connectivity index (χ4n) is 11.1. The maximum absolute atomic E-state index is 6.53. The molecule has 1 fully saturated rings. The summed E-state index contributed by atoms with van der Waals surface area (Å²) < 4.78 is 13.3. The highest BCUT2D eigenvalue weighted by molar-refractivity contribution is 9.10. The van der Waals surface area contributed by atoms with Gasteiger partial charge in [-0.25, -0.2) is 64.8 Å². The van der Waals surface area contributed by atoms with Gasteiger partial charge in [-0.1, -0.05) is 312 Å². The number of aromatic nitrogens is 13. The monoisotopic (exact) mass is 1490 g/mol. The van der Waals surface area contributed by atoms with Crippen LogP contribution in [0.3, 0.4) is 0 Å². The Labute approximate surface area is 630 Å². The molecule has 0 spiro atoms. The van der Waals surface area contributed by atoms with Crippen molar-refractivity contribution in [1.29, 1.82) is 0 Å². The van der Waals surface area contributed by atoms with Crippen LogP contribution in [-0.4, -0.2) is 83.1 Å². The zero-order chi connectivity index (χ0) is 72.3. The van der Waals surface area contributed by atoms with Crippen LogP contribution in [-0.2, 0) is 9.31 Å². The number of benzene rings is 11. The Hall–Kier alpha value is -11.7. The lowest BCUT2D eigenvalue weighted by Gasteiger charge is -2.25. The quantitative estimate of drug-likeness (QED) is 0.0879. The lowest BCUT2D eigenvalue weighted by atomic mass is 9.78. The number of hydrogen-bond donors (Lipinski definition) is 0. The van der Waals surface area contributed by atoms with Gasteiger partial charge in [0.15, 0.2) is 67.9 Å². The summed E-state index contributed by atoms with van der Waals surface area (Å²) >= 11 is 21.4. The van der Waals surface area contributed by atoms with E-state index in [2.05, 4.69) is 42.8 Å². The van der Waals surface area contributed by atoms with Crippen molar-refractivity contribution in [3.05, 3.63) is 330 Å². The first-order valence-electron chi connectivity index (χ1n) is 33.4. The van der Waals surface area contributed by atoms with E-state index < -0.39 is 18.3 Å². The third-order valence-electron chi connectivity index (χ3n) is 17.1. The molecule has 17 rings (SSSR count). The Morgan fingerprint density at radius 1 is 0.276 bits per heavy atom. The molecule has 11 aromatic carbocycles. The Balaban J connectivity index is 0.000000124. The second-order valence-electron chi connectivity index (χ2n) is 24.8. The molecule has 5 aromatic heterocycles. The number of rotatable bonds is 11. The third kappa shape index (κ3) is 16.9. The number of nitrogens with zero attached hydrogens (tertiary/aromatic N) is 13. The van der Waals surface area contributed by atoms with Crippen molar-refractivity contribution in [2.75, 3.05) is 0 Å². The van der Waals surface area contributed by atoms with E-state index in [1.165, 1.54) is 0 Å². The van der Waals surface area contributed by atoms with Crippen LogP contribution in [0.25, 0.3) is 136 Å². The number of para-hydroxylation sites is 4. The molecule has 0 bridgehead atoms. The van der Waals surface area contributed by atoms with Crippen molar-refractivity contribution >= 4 is 85.4 Å². The minimum absolute atomic E-state index is 0.246. The van der Waals surface area contributed by atoms with Crippen molar-refractivity contribution < 1.29 is 9.31 Å². The van der Waals surface area contributed by atoms with Crippen LogP contribution in [0.4, 0.5) is 0 Å². The van der Waals surface area contributed by atoms with Gasteiger partial charge in [0.05, 0.1) is 29.0 Å². The molecule has 0 aliphatic carbocycles. The summed E-state index contributed by atoms with van der Waals surface area (Å²) in [7, 11) is -0.508. The Bertz CT molecular complexity index is 5490. The van der Waals surface area contributed by atoms with E-state index in [4.69, 9.17) is 89.0 Å². The lowest BCUT2D eigenvalue weighted by molar-refractivity contribution is 0.0262. The second-order valence-corrected chi connectivity index (χ2v) is 26.8. The second kappa shape index (κ2) is 31.9. The predicted octanol–water partition coefficient (Wildman–Crippen LogP) is 20.7. The van der Waals surface area contributed by atoms with Crippen molar-refractivity contribution in [3.8, 4) is 114 Å². The topological polar surface area (TPSA) is 186 Å². The predicted molar refractivity (Wildman–Crippen MR) is 425 cm³/mol. The molecule has 6 heterocycles. The average molecular weight is 1490 g/mol. The summed E-state index contributed by atoms with van der Waals surface area (Å²) in [5.74, 6) is 5.66. The largest absolute Gasteiger partial charge is 0.498 e. The van der Waals surface area contributed by atoms with Crippen molar-refractivity contribution in [2.24, 2.45) is 0 Å². The summed E-state index contributed by atoms with van der Waals surface area (Å²) in [5, 5.41) is 0.845. The van der Waals surface area contributed by atoms with Crippen LogP contribution in [0.2, 0.25) is 15.5 Å². The molecule has 1 aliphatic heterocycles. The van der Waals surface area contributed by atoms with E-state index in [1.807, 2.05) is 324 Å². The molecule has 20 heteroatoms. The van der Waals surface area contributed by atoms with Gasteiger partial charge in [0.1, 0.15) is 11.3 Å². The Kier molecular flexibility index (Phi) is 21.4. The molecule has 15 nitrogen and oxygen atoms in total. The molecule has 0 N–H and O–H groups in total. The molecule has 508 valence electrons. The van der Waals surface area contributed by atoms with E-state index >= 15 is 0 Å². The van der Waals surface area contributed by atoms with Crippen molar-refractivity contribution in [3.63, 3.8) is 0 Å². The molecule has 1 aliphatic rings. The summed E-state index contributed by atoms with van der Waals surface area (Å²) in [4.78, 5) is 60.2. The van der Waals surface area contributed by atoms with E-state index in [1.54, 1.807) is 0 Å². The average Bonchev–Trinajstić information content (AvgIpc) is 1.77. The highest BCUT2D eigenvalue weighted by atomic mass is 79.9. The van der Waals surface area contributed by atoms with Crippen LogP contribution >= 0.6 is 50.7 Å². The van der Waals surface area contributed by atoms with Crippen LogP contribution in [0, 0.1) is 6.92 Å². The molecule has 1 unspecified atom stereocenters. The smallest absolute Gasteiger partial charge is 0.395 e. The van der Waals surface area contributed by atoms with Crippen molar-refractivity contribution in [1.82, 2.24) is 64.8 Å². The minimum Gasteiger partial charge on any atom is -0.395 e. The highest BCUT2D eigenvalue weighted by Crippen LogP contribution is 2.38. The number of fused-ring (bicyclic) bond motifs is 2.